The molecule has 0 radical (unpaired) electrons. The summed E-state index contributed by atoms with van der Waals surface area (Å²) in [6.07, 6.45) is 3.77. The lowest BCUT2D eigenvalue weighted by Gasteiger charge is -2.11. The van der Waals surface area contributed by atoms with Crippen molar-refractivity contribution in [1.29, 1.82) is 0 Å². The Labute approximate surface area is 86.9 Å². The van der Waals surface area contributed by atoms with Gasteiger partial charge in [-0.3, -0.25) is 0 Å². The minimum atomic E-state index is -3.29. The summed E-state index contributed by atoms with van der Waals surface area (Å²) in [4.78, 5) is 0. The highest BCUT2D eigenvalue weighted by atomic mass is 32.2. The topological polar surface area (TPSA) is 69.4 Å². The zero-order chi connectivity index (χ0) is 11.0. The van der Waals surface area contributed by atoms with Crippen LogP contribution in [0.25, 0.3) is 0 Å². The third-order valence-electron chi connectivity index (χ3n) is 1.92. The smallest absolute Gasteiger partial charge is 0.209 e. The van der Waals surface area contributed by atoms with Gasteiger partial charge in [0.05, 0.1) is 11.9 Å². The summed E-state index contributed by atoms with van der Waals surface area (Å²) in [6.45, 7) is 4.76. The van der Waals surface area contributed by atoms with Crippen LogP contribution in [0.5, 0.6) is 0 Å². The molecule has 1 atom stereocenters. The van der Waals surface area contributed by atoms with Crippen LogP contribution < -0.4 is 5.14 Å². The molecule has 0 spiro atoms. The van der Waals surface area contributed by atoms with Gasteiger partial charge in [-0.15, -0.1) is 0 Å². The van der Waals surface area contributed by atoms with Crippen LogP contribution in [0.15, 0.2) is 0 Å². The molecule has 14 heavy (non-hydrogen) atoms. The first-order valence-corrected chi connectivity index (χ1v) is 6.79. The Balaban J connectivity index is 3.30. The molecule has 4 nitrogen and oxygen atoms in total. The summed E-state index contributed by atoms with van der Waals surface area (Å²) in [5, 5.41) is 4.86. The Morgan fingerprint density at radius 1 is 1.36 bits per heavy atom. The van der Waals surface area contributed by atoms with Crippen LogP contribution in [0.1, 0.15) is 39.5 Å². The summed E-state index contributed by atoms with van der Waals surface area (Å²) >= 11 is 0. The SMILES string of the molecule is CCCC(C)OCCCCS(N)(=O)=O. The molecule has 0 aliphatic rings. The van der Waals surface area contributed by atoms with E-state index in [9.17, 15) is 8.42 Å². The van der Waals surface area contributed by atoms with Crippen molar-refractivity contribution >= 4 is 10.0 Å². The van der Waals surface area contributed by atoms with Crippen molar-refractivity contribution < 1.29 is 13.2 Å². The van der Waals surface area contributed by atoms with Gasteiger partial charge in [0.2, 0.25) is 10.0 Å². The summed E-state index contributed by atoms with van der Waals surface area (Å²) in [5.41, 5.74) is 0. The van der Waals surface area contributed by atoms with Crippen LogP contribution in [-0.4, -0.2) is 26.9 Å². The molecule has 0 bridgehead atoms. The second kappa shape index (κ2) is 7.20. The van der Waals surface area contributed by atoms with Crippen molar-refractivity contribution in [2.24, 2.45) is 5.14 Å². The van der Waals surface area contributed by atoms with Gasteiger partial charge in [-0.1, -0.05) is 13.3 Å². The number of unbranched alkanes of at least 4 members (excludes halogenated alkanes) is 1. The minimum absolute atomic E-state index is 0.0541. The molecule has 2 N–H and O–H groups in total. The van der Waals surface area contributed by atoms with Crippen molar-refractivity contribution in [1.82, 2.24) is 0 Å². The van der Waals surface area contributed by atoms with Crippen LogP contribution in [0, 0.1) is 0 Å². The largest absolute Gasteiger partial charge is 0.379 e. The molecule has 0 saturated carbocycles. The average molecular weight is 223 g/mol. The highest BCUT2D eigenvalue weighted by Gasteiger charge is 2.03. The van der Waals surface area contributed by atoms with E-state index in [1.165, 1.54) is 0 Å². The van der Waals surface area contributed by atoms with Crippen LogP contribution in [0.3, 0.4) is 0 Å². The molecule has 86 valence electrons. The van der Waals surface area contributed by atoms with Crippen molar-refractivity contribution in [3.05, 3.63) is 0 Å². The first kappa shape index (κ1) is 13.9. The number of hydrogen-bond donors (Lipinski definition) is 1. The lowest BCUT2D eigenvalue weighted by molar-refractivity contribution is 0.0580. The van der Waals surface area contributed by atoms with Crippen molar-refractivity contribution in [3.63, 3.8) is 0 Å². The normalized spacial score (nSPS) is 14.2. The van der Waals surface area contributed by atoms with Crippen molar-refractivity contribution in [2.75, 3.05) is 12.4 Å². The van der Waals surface area contributed by atoms with Crippen LogP contribution in [0.2, 0.25) is 0 Å². The zero-order valence-corrected chi connectivity index (χ0v) is 9.85. The fraction of sp³-hybridized carbons (Fsp3) is 1.00. The van der Waals surface area contributed by atoms with Gasteiger partial charge in [0.15, 0.2) is 0 Å². The van der Waals surface area contributed by atoms with Gasteiger partial charge >= 0.3 is 0 Å². The first-order valence-electron chi connectivity index (χ1n) is 5.07. The Kier molecular flexibility index (Phi) is 7.13. The molecule has 0 heterocycles. The van der Waals surface area contributed by atoms with E-state index in [0.29, 0.717) is 13.0 Å². The lowest BCUT2D eigenvalue weighted by Crippen LogP contribution is -2.17. The number of ether oxygens (including phenoxy) is 1. The van der Waals surface area contributed by atoms with Crippen molar-refractivity contribution in [3.8, 4) is 0 Å². The molecular weight excluding hydrogens is 202 g/mol. The van der Waals surface area contributed by atoms with E-state index >= 15 is 0 Å². The number of nitrogens with two attached hydrogens (primary N) is 1. The molecule has 0 aliphatic heterocycles. The number of primary sulfonamides is 1. The van der Waals surface area contributed by atoms with E-state index in [4.69, 9.17) is 9.88 Å². The third-order valence-corrected chi connectivity index (χ3v) is 2.78. The number of rotatable bonds is 8. The monoisotopic (exact) mass is 223 g/mol. The molecule has 0 aromatic rings. The van der Waals surface area contributed by atoms with Crippen LogP contribution in [-0.2, 0) is 14.8 Å². The maximum atomic E-state index is 10.6. The Morgan fingerprint density at radius 3 is 2.50 bits per heavy atom. The quantitative estimate of drug-likeness (QED) is 0.630. The van der Waals surface area contributed by atoms with E-state index in [1.54, 1.807) is 0 Å². The van der Waals surface area contributed by atoms with E-state index in [0.717, 1.165) is 19.3 Å². The predicted molar refractivity (Wildman–Crippen MR) is 57.5 cm³/mol. The zero-order valence-electron chi connectivity index (χ0n) is 9.03. The van der Waals surface area contributed by atoms with Crippen molar-refractivity contribution in [2.45, 2.75) is 45.6 Å². The minimum Gasteiger partial charge on any atom is -0.379 e. The Morgan fingerprint density at radius 2 is 2.00 bits per heavy atom. The first-order chi connectivity index (χ1) is 6.45. The average Bonchev–Trinajstić information content (AvgIpc) is 2.02. The molecule has 0 aliphatic carbocycles. The van der Waals surface area contributed by atoms with E-state index in [1.807, 2.05) is 6.92 Å². The second-order valence-electron chi connectivity index (χ2n) is 3.54. The molecule has 1 unspecified atom stereocenters. The summed E-state index contributed by atoms with van der Waals surface area (Å²) < 4.78 is 26.6. The summed E-state index contributed by atoms with van der Waals surface area (Å²) in [5.74, 6) is 0.0541. The number of sulfonamides is 1. The van der Waals surface area contributed by atoms with E-state index < -0.39 is 10.0 Å². The summed E-state index contributed by atoms with van der Waals surface area (Å²) in [7, 11) is -3.29. The Hall–Kier alpha value is -0.130. The maximum Gasteiger partial charge on any atom is 0.209 e. The van der Waals surface area contributed by atoms with Gasteiger partial charge in [-0.2, -0.15) is 0 Å². The molecule has 5 heteroatoms. The van der Waals surface area contributed by atoms with Gasteiger partial charge in [-0.25, -0.2) is 13.6 Å². The molecule has 0 aromatic carbocycles. The predicted octanol–water partition coefficient (Wildman–Crippen LogP) is 1.26. The highest BCUT2D eigenvalue weighted by Crippen LogP contribution is 2.02. The van der Waals surface area contributed by atoms with E-state index in [2.05, 4.69) is 6.92 Å². The van der Waals surface area contributed by atoms with Gasteiger partial charge in [0.25, 0.3) is 0 Å². The van der Waals surface area contributed by atoms with Crippen LogP contribution in [0.4, 0.5) is 0 Å². The number of hydrogen-bond acceptors (Lipinski definition) is 3. The maximum absolute atomic E-state index is 10.6. The van der Waals surface area contributed by atoms with Gasteiger partial charge in [0, 0.05) is 6.61 Å². The van der Waals surface area contributed by atoms with Gasteiger partial charge in [-0.05, 0) is 26.2 Å². The van der Waals surface area contributed by atoms with E-state index in [-0.39, 0.29) is 11.9 Å². The summed E-state index contributed by atoms with van der Waals surface area (Å²) in [6, 6.07) is 0. The lowest BCUT2D eigenvalue weighted by atomic mass is 10.2. The standard InChI is InChI=1S/C9H21NO3S/c1-3-6-9(2)13-7-4-5-8-14(10,11)12/h9H,3-8H2,1-2H3,(H2,10,11,12). The van der Waals surface area contributed by atoms with Gasteiger partial charge < -0.3 is 4.74 Å². The highest BCUT2D eigenvalue weighted by molar-refractivity contribution is 7.89. The fourth-order valence-corrected chi connectivity index (χ4v) is 1.79. The molecule has 0 amide bonds. The molecular formula is C9H21NO3S. The molecule has 0 rings (SSSR count). The molecule has 0 fully saturated rings. The Bertz CT molecular complexity index is 226. The van der Waals surface area contributed by atoms with Crippen LogP contribution >= 0.6 is 0 Å². The fourth-order valence-electron chi connectivity index (χ4n) is 1.18. The molecule has 0 saturated heterocycles. The second-order valence-corrected chi connectivity index (χ2v) is 5.28. The third kappa shape index (κ3) is 9.95. The van der Waals surface area contributed by atoms with Gasteiger partial charge in [0.1, 0.15) is 0 Å². The molecule has 0 aromatic heterocycles.